The predicted molar refractivity (Wildman–Crippen MR) is 61.8 cm³/mol. The summed E-state index contributed by atoms with van der Waals surface area (Å²) in [6.45, 7) is 1.69. The maximum atomic E-state index is 11.1. The molecule has 4 aliphatic carbocycles. The van der Waals surface area contributed by atoms with Gasteiger partial charge in [-0.15, -0.1) is 0 Å². The van der Waals surface area contributed by atoms with Crippen LogP contribution in [0.5, 0.6) is 0 Å². The second kappa shape index (κ2) is 3.36. The second-order valence-corrected chi connectivity index (χ2v) is 6.44. The van der Waals surface area contributed by atoms with Gasteiger partial charge in [-0.2, -0.15) is 0 Å². The Morgan fingerprint density at radius 2 is 1.60 bits per heavy atom. The van der Waals surface area contributed by atoms with E-state index in [1.165, 1.54) is 38.5 Å². The Bertz CT molecular complexity index is 249. The molecular weight excluding hydrogens is 183 g/mol. The van der Waals surface area contributed by atoms with Crippen molar-refractivity contribution in [1.82, 2.24) is 0 Å². The molecule has 0 N–H and O–H groups in total. The maximum absolute atomic E-state index is 11.1. The van der Waals surface area contributed by atoms with Crippen molar-refractivity contribution in [2.75, 3.05) is 0 Å². The van der Waals surface area contributed by atoms with Gasteiger partial charge in [0.2, 0.25) is 7.28 Å². The number of carbonyl (C=O) groups is 1. The van der Waals surface area contributed by atoms with E-state index in [0.717, 1.165) is 24.1 Å². The first-order valence-electron chi connectivity index (χ1n) is 6.49. The molecule has 0 saturated heterocycles. The maximum Gasteiger partial charge on any atom is 0.202 e. The summed E-state index contributed by atoms with van der Waals surface area (Å²) >= 11 is 0. The first-order valence-corrected chi connectivity index (χ1v) is 6.49. The Balaban J connectivity index is 1.72. The highest BCUT2D eigenvalue weighted by atomic mass is 16.1. The molecule has 4 rings (SSSR count). The minimum Gasteiger partial charge on any atom is -0.312 e. The van der Waals surface area contributed by atoms with Gasteiger partial charge in [0.1, 0.15) is 0 Å². The fourth-order valence-electron chi connectivity index (χ4n) is 4.90. The predicted octanol–water partition coefficient (Wildman–Crippen LogP) is 2.87. The van der Waals surface area contributed by atoms with Gasteiger partial charge in [0.05, 0.1) is 5.68 Å². The van der Waals surface area contributed by atoms with Crippen molar-refractivity contribution in [2.45, 2.75) is 51.8 Å². The van der Waals surface area contributed by atoms with Crippen molar-refractivity contribution >= 4 is 13.0 Å². The van der Waals surface area contributed by atoms with Crippen LogP contribution in [0.3, 0.4) is 0 Å². The molecule has 1 radical (unpaired) electrons. The lowest BCUT2D eigenvalue weighted by Crippen LogP contribution is -2.46. The Labute approximate surface area is 93.2 Å². The van der Waals surface area contributed by atoms with Crippen molar-refractivity contribution in [2.24, 2.45) is 23.2 Å². The van der Waals surface area contributed by atoms with Crippen molar-refractivity contribution < 1.29 is 4.79 Å². The highest BCUT2D eigenvalue weighted by Crippen LogP contribution is 2.61. The zero-order valence-corrected chi connectivity index (χ0v) is 9.67. The fourth-order valence-corrected chi connectivity index (χ4v) is 4.90. The summed E-state index contributed by atoms with van der Waals surface area (Å²) in [5.74, 6) is 3.03. The van der Waals surface area contributed by atoms with E-state index >= 15 is 0 Å². The van der Waals surface area contributed by atoms with E-state index in [1.54, 1.807) is 6.92 Å². The molecule has 0 amide bonds. The molecule has 0 aromatic carbocycles. The van der Waals surface area contributed by atoms with Gasteiger partial charge in [-0.3, -0.25) is 0 Å². The molecule has 4 fully saturated rings. The molecule has 0 aromatic heterocycles. The van der Waals surface area contributed by atoms with Crippen LogP contribution in [-0.4, -0.2) is 13.0 Å². The number of rotatable bonds is 3. The highest BCUT2D eigenvalue weighted by Gasteiger charge is 2.50. The summed E-state index contributed by atoms with van der Waals surface area (Å²) in [7, 11) is 1.95. The van der Waals surface area contributed by atoms with Gasteiger partial charge in [0.15, 0.2) is 0 Å². The molecule has 0 atom stereocenters. The molecule has 2 heteroatoms. The summed E-state index contributed by atoms with van der Waals surface area (Å²) in [5.41, 5.74) is 0.825. The lowest BCUT2D eigenvalue weighted by atomic mass is 9.44. The lowest BCUT2D eigenvalue weighted by Gasteiger charge is -2.57. The smallest absolute Gasteiger partial charge is 0.202 e. The number of hydrogen-bond acceptors (Lipinski definition) is 1. The van der Waals surface area contributed by atoms with Crippen molar-refractivity contribution in [1.29, 1.82) is 0 Å². The van der Waals surface area contributed by atoms with E-state index in [9.17, 15) is 4.79 Å². The van der Waals surface area contributed by atoms with Gasteiger partial charge >= 0.3 is 0 Å². The van der Waals surface area contributed by atoms with Gasteiger partial charge in [-0.05, 0) is 68.6 Å². The molecule has 0 unspecified atom stereocenters. The third kappa shape index (κ3) is 1.77. The molecule has 81 valence electrons. The van der Waals surface area contributed by atoms with Gasteiger partial charge in [-0.1, -0.05) is 6.32 Å². The molecule has 15 heavy (non-hydrogen) atoms. The van der Waals surface area contributed by atoms with Crippen LogP contribution in [0.2, 0.25) is 6.32 Å². The minimum atomic E-state index is 0.269. The van der Waals surface area contributed by atoms with Crippen LogP contribution < -0.4 is 0 Å². The zero-order chi connectivity index (χ0) is 10.5. The summed E-state index contributed by atoms with van der Waals surface area (Å²) < 4.78 is 0. The van der Waals surface area contributed by atoms with E-state index in [1.807, 2.05) is 7.28 Å². The lowest BCUT2D eigenvalue weighted by molar-refractivity contribution is -0.110. The largest absolute Gasteiger partial charge is 0.312 e. The highest BCUT2D eigenvalue weighted by molar-refractivity contribution is 6.73. The summed E-state index contributed by atoms with van der Waals surface area (Å²) in [6.07, 6.45) is 9.83. The average molecular weight is 203 g/mol. The first-order chi connectivity index (χ1) is 7.15. The molecular formula is C13H20BO. The van der Waals surface area contributed by atoms with Crippen LogP contribution >= 0.6 is 0 Å². The van der Waals surface area contributed by atoms with Gasteiger partial charge in [-0.25, -0.2) is 0 Å². The van der Waals surface area contributed by atoms with E-state index in [4.69, 9.17) is 0 Å². The molecule has 4 aliphatic rings. The zero-order valence-electron chi connectivity index (χ0n) is 9.67. The standard InChI is InChI=1S/C13H20BO/c1-9(15)14-8-13-5-10-2-11(6-13)4-12(3-10)7-13/h10-12H,2-8H2,1H3. The van der Waals surface area contributed by atoms with Crippen molar-refractivity contribution in [3.63, 3.8) is 0 Å². The van der Waals surface area contributed by atoms with Crippen LogP contribution in [0.1, 0.15) is 45.4 Å². The Hall–Kier alpha value is -0.265. The normalized spacial score (nSPS) is 46.9. The quantitative estimate of drug-likeness (QED) is 0.644. The number of carbonyl (C=O) groups excluding carboxylic acids is 1. The summed E-state index contributed by atoms with van der Waals surface area (Å²) in [6, 6.07) is 0. The van der Waals surface area contributed by atoms with E-state index < -0.39 is 0 Å². The minimum absolute atomic E-state index is 0.269. The molecule has 0 aromatic rings. The van der Waals surface area contributed by atoms with Crippen molar-refractivity contribution in [3.05, 3.63) is 0 Å². The van der Waals surface area contributed by atoms with Gasteiger partial charge in [0, 0.05) is 0 Å². The average Bonchev–Trinajstić information content (AvgIpc) is 2.12. The fraction of sp³-hybridized carbons (Fsp3) is 0.923. The molecule has 0 heterocycles. The van der Waals surface area contributed by atoms with E-state index in [2.05, 4.69) is 0 Å². The van der Waals surface area contributed by atoms with Crippen LogP contribution in [0.25, 0.3) is 0 Å². The van der Waals surface area contributed by atoms with Crippen LogP contribution in [-0.2, 0) is 4.79 Å². The van der Waals surface area contributed by atoms with Crippen LogP contribution in [0, 0.1) is 23.2 Å². The summed E-state index contributed by atoms with van der Waals surface area (Å²) in [5, 5.41) is 0. The second-order valence-electron chi connectivity index (χ2n) is 6.44. The molecule has 4 bridgehead atoms. The molecule has 0 spiro atoms. The summed E-state index contributed by atoms with van der Waals surface area (Å²) in [4.78, 5) is 11.1. The third-order valence-electron chi connectivity index (χ3n) is 4.99. The topological polar surface area (TPSA) is 17.1 Å². The van der Waals surface area contributed by atoms with E-state index in [0.29, 0.717) is 5.41 Å². The third-order valence-corrected chi connectivity index (χ3v) is 4.99. The monoisotopic (exact) mass is 203 g/mol. The van der Waals surface area contributed by atoms with Crippen LogP contribution in [0.4, 0.5) is 0 Å². The van der Waals surface area contributed by atoms with Crippen LogP contribution in [0.15, 0.2) is 0 Å². The Kier molecular flexibility index (Phi) is 2.23. The molecule has 1 nitrogen and oxygen atoms in total. The van der Waals surface area contributed by atoms with Crippen molar-refractivity contribution in [3.8, 4) is 0 Å². The Morgan fingerprint density at radius 1 is 1.13 bits per heavy atom. The Morgan fingerprint density at radius 3 is 2.00 bits per heavy atom. The molecule has 0 aliphatic heterocycles. The van der Waals surface area contributed by atoms with E-state index in [-0.39, 0.29) is 5.68 Å². The SMILES string of the molecule is CC(=O)[B]CC12CC3CC(CC(C3)C1)C2. The van der Waals surface area contributed by atoms with Gasteiger partial charge < -0.3 is 4.79 Å². The number of hydrogen-bond donors (Lipinski definition) is 0. The molecule has 4 saturated carbocycles. The first kappa shape index (κ1) is 9.93. The van der Waals surface area contributed by atoms with Gasteiger partial charge in [0.25, 0.3) is 0 Å².